The molecule has 0 aliphatic carbocycles. The minimum Gasteiger partial charge on any atom is -0.495 e. The van der Waals surface area contributed by atoms with Crippen LogP contribution < -0.4 is 25.8 Å². The van der Waals surface area contributed by atoms with E-state index in [-0.39, 0.29) is 17.4 Å². The summed E-state index contributed by atoms with van der Waals surface area (Å²) < 4.78 is 11.5. The van der Waals surface area contributed by atoms with Crippen LogP contribution in [0.3, 0.4) is 0 Å². The number of fused-ring (bicyclic) bond motifs is 1. The highest BCUT2D eigenvalue weighted by atomic mass is 16.5. The van der Waals surface area contributed by atoms with Crippen molar-refractivity contribution in [2.24, 2.45) is 0 Å². The number of anilines is 3. The number of benzene rings is 3. The van der Waals surface area contributed by atoms with Crippen molar-refractivity contribution in [3.63, 3.8) is 0 Å². The van der Waals surface area contributed by atoms with Crippen molar-refractivity contribution in [3.05, 3.63) is 71.9 Å². The zero-order valence-electron chi connectivity index (χ0n) is 20.5. The minimum atomic E-state index is -0.382. The molecule has 0 atom stereocenters. The first kappa shape index (κ1) is 23.8. The predicted octanol–water partition coefficient (Wildman–Crippen LogP) is 6.26. The van der Waals surface area contributed by atoms with E-state index in [0.29, 0.717) is 34.4 Å². The molecule has 0 radical (unpaired) electrons. The van der Waals surface area contributed by atoms with Gasteiger partial charge in [0.15, 0.2) is 0 Å². The van der Waals surface area contributed by atoms with Gasteiger partial charge in [-0.2, -0.15) is 4.98 Å². The van der Waals surface area contributed by atoms with Crippen LogP contribution in [0.5, 0.6) is 17.4 Å². The summed E-state index contributed by atoms with van der Waals surface area (Å²) >= 11 is 0. The Labute approximate surface area is 204 Å². The van der Waals surface area contributed by atoms with Crippen LogP contribution in [-0.2, 0) is 5.41 Å². The number of methoxy groups -OCH3 is 1. The molecule has 35 heavy (non-hydrogen) atoms. The zero-order chi connectivity index (χ0) is 25.2. The Hall–Kier alpha value is -4.33. The van der Waals surface area contributed by atoms with Crippen molar-refractivity contribution in [1.82, 2.24) is 9.97 Å². The van der Waals surface area contributed by atoms with Gasteiger partial charge < -0.3 is 25.8 Å². The maximum absolute atomic E-state index is 13.0. The molecule has 0 spiro atoms. The van der Waals surface area contributed by atoms with Crippen molar-refractivity contribution in [1.29, 1.82) is 0 Å². The van der Waals surface area contributed by atoms with E-state index in [9.17, 15) is 4.79 Å². The molecule has 4 aromatic rings. The molecule has 0 saturated heterocycles. The summed E-state index contributed by atoms with van der Waals surface area (Å²) in [6.45, 7) is 8.17. The summed E-state index contributed by atoms with van der Waals surface area (Å²) in [5.74, 6) is 1.67. The van der Waals surface area contributed by atoms with Gasteiger partial charge in [-0.3, -0.25) is 0 Å². The number of nitrogen functional groups attached to an aromatic ring is 1. The standard InChI is InChI=1S/C27H29N5O3/c1-16-14-24(32-25(28)29-16)35-22-13-11-20(18-8-6-7-9-19(18)22)30-26(33)31-21-15-17(27(2,3)4)10-12-23(21)34-5/h6-15H,1-5H3,(H2,28,29,32)(H2,30,31,33). The van der Waals surface area contributed by atoms with Crippen molar-refractivity contribution >= 4 is 34.1 Å². The monoisotopic (exact) mass is 471 g/mol. The molecule has 4 N–H and O–H groups in total. The second-order valence-corrected chi connectivity index (χ2v) is 9.21. The van der Waals surface area contributed by atoms with Crippen molar-refractivity contribution in [2.45, 2.75) is 33.1 Å². The first-order chi connectivity index (χ1) is 16.6. The molecule has 0 fully saturated rings. The molecule has 1 heterocycles. The molecular weight excluding hydrogens is 442 g/mol. The van der Waals surface area contributed by atoms with Crippen LogP contribution >= 0.6 is 0 Å². The first-order valence-electron chi connectivity index (χ1n) is 11.2. The van der Waals surface area contributed by atoms with Crippen LogP contribution in [0, 0.1) is 6.92 Å². The van der Waals surface area contributed by atoms with E-state index < -0.39 is 0 Å². The molecule has 3 aromatic carbocycles. The van der Waals surface area contributed by atoms with E-state index in [1.807, 2.05) is 49.4 Å². The second-order valence-electron chi connectivity index (χ2n) is 9.21. The zero-order valence-corrected chi connectivity index (χ0v) is 20.5. The third-order valence-electron chi connectivity index (χ3n) is 5.51. The van der Waals surface area contributed by atoms with Gasteiger partial charge in [0.1, 0.15) is 11.5 Å². The lowest BCUT2D eigenvalue weighted by atomic mass is 9.87. The molecule has 0 bridgehead atoms. The van der Waals surface area contributed by atoms with E-state index in [0.717, 1.165) is 16.3 Å². The molecule has 0 saturated carbocycles. The smallest absolute Gasteiger partial charge is 0.323 e. The number of nitrogens with two attached hydrogens (primary N) is 1. The topological polar surface area (TPSA) is 111 Å². The van der Waals surface area contributed by atoms with Crippen LogP contribution in [-0.4, -0.2) is 23.1 Å². The van der Waals surface area contributed by atoms with Gasteiger partial charge in [-0.05, 0) is 42.2 Å². The number of aromatic nitrogens is 2. The fourth-order valence-electron chi connectivity index (χ4n) is 3.74. The molecule has 0 unspecified atom stereocenters. The number of ether oxygens (including phenoxy) is 2. The number of carbonyl (C=O) groups is 1. The van der Waals surface area contributed by atoms with Gasteiger partial charge in [-0.15, -0.1) is 0 Å². The number of hydrogen-bond acceptors (Lipinski definition) is 6. The van der Waals surface area contributed by atoms with Crippen LogP contribution in [0.1, 0.15) is 32.0 Å². The molecule has 0 aliphatic heterocycles. The number of hydrogen-bond donors (Lipinski definition) is 3. The van der Waals surface area contributed by atoms with Gasteiger partial charge >= 0.3 is 6.03 Å². The average molecular weight is 472 g/mol. The van der Waals surface area contributed by atoms with Crippen LogP contribution in [0.25, 0.3) is 10.8 Å². The Kier molecular flexibility index (Phi) is 6.46. The molecule has 8 nitrogen and oxygen atoms in total. The third kappa shape index (κ3) is 5.43. The van der Waals surface area contributed by atoms with Crippen molar-refractivity contribution < 1.29 is 14.3 Å². The van der Waals surface area contributed by atoms with E-state index in [1.165, 1.54) is 0 Å². The molecule has 1 aromatic heterocycles. The van der Waals surface area contributed by atoms with Crippen molar-refractivity contribution in [2.75, 3.05) is 23.5 Å². The predicted molar refractivity (Wildman–Crippen MR) is 140 cm³/mol. The van der Waals surface area contributed by atoms with Gasteiger partial charge in [-0.1, -0.05) is 51.1 Å². The maximum Gasteiger partial charge on any atom is 0.323 e. The van der Waals surface area contributed by atoms with Crippen LogP contribution in [0.4, 0.5) is 22.1 Å². The summed E-state index contributed by atoms with van der Waals surface area (Å²) in [6, 6.07) is 18.3. The first-order valence-corrected chi connectivity index (χ1v) is 11.2. The molecule has 8 heteroatoms. The molecular formula is C27H29N5O3. The molecule has 2 amide bonds. The Bertz CT molecular complexity index is 1380. The second kappa shape index (κ2) is 9.50. The Morgan fingerprint density at radius 3 is 2.26 bits per heavy atom. The van der Waals surface area contributed by atoms with Gasteiger partial charge in [-0.25, -0.2) is 9.78 Å². The van der Waals surface area contributed by atoms with E-state index in [4.69, 9.17) is 15.2 Å². The lowest BCUT2D eigenvalue weighted by Gasteiger charge is -2.21. The molecule has 180 valence electrons. The van der Waals surface area contributed by atoms with E-state index in [1.54, 1.807) is 25.3 Å². The Balaban J connectivity index is 1.61. The SMILES string of the molecule is COc1ccc(C(C)(C)C)cc1NC(=O)Nc1ccc(Oc2cc(C)nc(N)n2)c2ccccc12. The largest absolute Gasteiger partial charge is 0.495 e. The summed E-state index contributed by atoms with van der Waals surface area (Å²) in [7, 11) is 1.58. The summed E-state index contributed by atoms with van der Waals surface area (Å²) in [4.78, 5) is 21.2. The number of urea groups is 1. The van der Waals surface area contributed by atoms with Crippen LogP contribution in [0.15, 0.2) is 60.7 Å². The summed E-state index contributed by atoms with van der Waals surface area (Å²) in [6.07, 6.45) is 0. The quantitative estimate of drug-likeness (QED) is 0.317. The highest BCUT2D eigenvalue weighted by Crippen LogP contribution is 2.35. The third-order valence-corrected chi connectivity index (χ3v) is 5.51. The minimum absolute atomic E-state index is 0.0713. The Morgan fingerprint density at radius 1 is 0.886 bits per heavy atom. The molecule has 4 rings (SSSR count). The van der Waals surface area contributed by atoms with Crippen molar-refractivity contribution in [3.8, 4) is 17.4 Å². The fourth-order valence-corrected chi connectivity index (χ4v) is 3.74. The molecule has 0 aliphatic rings. The number of carbonyl (C=O) groups excluding carboxylic acids is 1. The van der Waals surface area contributed by atoms with Gasteiger partial charge in [0.05, 0.1) is 18.5 Å². The Morgan fingerprint density at radius 2 is 1.57 bits per heavy atom. The average Bonchev–Trinajstić information content (AvgIpc) is 2.79. The number of nitrogens with zero attached hydrogens (tertiary/aromatic N) is 2. The highest BCUT2D eigenvalue weighted by Gasteiger charge is 2.18. The highest BCUT2D eigenvalue weighted by molar-refractivity contribution is 6.08. The lowest BCUT2D eigenvalue weighted by molar-refractivity contribution is 0.262. The van der Waals surface area contributed by atoms with E-state index >= 15 is 0 Å². The fraction of sp³-hybridized carbons (Fsp3) is 0.222. The van der Waals surface area contributed by atoms with Gasteiger partial charge in [0.2, 0.25) is 11.8 Å². The number of amides is 2. The van der Waals surface area contributed by atoms with Crippen LogP contribution in [0.2, 0.25) is 0 Å². The van der Waals surface area contributed by atoms with Gasteiger partial charge in [0.25, 0.3) is 0 Å². The van der Waals surface area contributed by atoms with E-state index in [2.05, 4.69) is 41.4 Å². The number of rotatable bonds is 5. The number of nitrogens with one attached hydrogen (secondary N) is 2. The number of aryl methyl sites for hydroxylation is 1. The lowest BCUT2D eigenvalue weighted by Crippen LogP contribution is -2.21. The van der Waals surface area contributed by atoms with Gasteiger partial charge in [0, 0.05) is 22.5 Å². The normalized spacial score (nSPS) is 11.2. The summed E-state index contributed by atoms with van der Waals surface area (Å²) in [5.41, 5.74) is 8.71. The maximum atomic E-state index is 13.0. The summed E-state index contributed by atoms with van der Waals surface area (Å²) in [5, 5.41) is 7.49.